The number of fused-ring (bicyclic) bond motifs is 1. The van der Waals surface area contributed by atoms with Gasteiger partial charge in [-0.3, -0.25) is 9.36 Å². The standard InChI is InChI=1S/C19H19NO4/c1-11(2)14-7-15(18(23)16(10-21)17(14)22)19(24)20-8-12-5-3-4-6-13(12)9-20/h3-9,11,21-23H,10H2,1-2H3. The quantitative estimate of drug-likeness (QED) is 0.689. The molecule has 5 nitrogen and oxygen atoms in total. The van der Waals surface area contributed by atoms with Crippen molar-refractivity contribution in [3.05, 3.63) is 59.4 Å². The van der Waals surface area contributed by atoms with Gasteiger partial charge in [0.1, 0.15) is 11.5 Å². The van der Waals surface area contributed by atoms with E-state index in [9.17, 15) is 20.1 Å². The van der Waals surface area contributed by atoms with Gasteiger partial charge >= 0.3 is 0 Å². The predicted molar refractivity (Wildman–Crippen MR) is 91.4 cm³/mol. The highest BCUT2D eigenvalue weighted by Gasteiger charge is 2.23. The van der Waals surface area contributed by atoms with Crippen LogP contribution in [0.3, 0.4) is 0 Å². The normalized spacial score (nSPS) is 11.3. The third-order valence-corrected chi connectivity index (χ3v) is 4.20. The Morgan fingerprint density at radius 2 is 1.67 bits per heavy atom. The average molecular weight is 325 g/mol. The summed E-state index contributed by atoms with van der Waals surface area (Å²) in [5, 5.41) is 31.8. The molecule has 1 heterocycles. The number of phenols is 2. The molecule has 3 N–H and O–H groups in total. The maximum Gasteiger partial charge on any atom is 0.265 e. The van der Waals surface area contributed by atoms with Crippen molar-refractivity contribution in [1.82, 2.24) is 4.57 Å². The summed E-state index contributed by atoms with van der Waals surface area (Å²) in [7, 11) is 0. The second kappa shape index (κ2) is 6.02. The van der Waals surface area contributed by atoms with Crippen molar-refractivity contribution in [2.45, 2.75) is 26.4 Å². The van der Waals surface area contributed by atoms with Crippen molar-refractivity contribution in [2.24, 2.45) is 0 Å². The predicted octanol–water partition coefficient (Wildman–Crippen LogP) is 3.36. The molecule has 5 heteroatoms. The van der Waals surface area contributed by atoms with Crippen LogP contribution in [0.25, 0.3) is 10.8 Å². The van der Waals surface area contributed by atoms with Crippen LogP contribution in [0, 0.1) is 0 Å². The summed E-state index contributed by atoms with van der Waals surface area (Å²) in [6, 6.07) is 9.05. The number of benzene rings is 2. The minimum absolute atomic E-state index is 0.0266. The minimum atomic E-state index is -0.549. The van der Waals surface area contributed by atoms with E-state index in [0.717, 1.165) is 10.8 Å². The first-order chi connectivity index (χ1) is 11.4. The summed E-state index contributed by atoms with van der Waals surface area (Å²) in [5.41, 5.74) is 0.541. The Hall–Kier alpha value is -2.79. The van der Waals surface area contributed by atoms with Gasteiger partial charge in [-0.15, -0.1) is 0 Å². The fraction of sp³-hybridized carbons (Fsp3) is 0.211. The highest BCUT2D eigenvalue weighted by molar-refractivity contribution is 6.02. The molecule has 1 aromatic heterocycles. The van der Waals surface area contributed by atoms with E-state index in [0.29, 0.717) is 5.56 Å². The van der Waals surface area contributed by atoms with E-state index in [1.807, 2.05) is 38.1 Å². The van der Waals surface area contributed by atoms with Gasteiger partial charge < -0.3 is 15.3 Å². The molecule has 0 bridgehead atoms. The van der Waals surface area contributed by atoms with Crippen molar-refractivity contribution in [1.29, 1.82) is 0 Å². The first kappa shape index (κ1) is 16.1. The molecule has 0 saturated heterocycles. The number of aromatic hydroxyl groups is 2. The summed E-state index contributed by atoms with van der Waals surface area (Å²) in [4.78, 5) is 12.8. The van der Waals surface area contributed by atoms with Gasteiger partial charge in [-0.25, -0.2) is 0 Å². The van der Waals surface area contributed by atoms with E-state index < -0.39 is 12.5 Å². The molecule has 0 aliphatic rings. The largest absolute Gasteiger partial charge is 0.507 e. The number of rotatable bonds is 3. The molecular formula is C19H19NO4. The van der Waals surface area contributed by atoms with Crippen LogP contribution in [0.1, 0.15) is 41.3 Å². The molecule has 0 amide bonds. The molecule has 0 atom stereocenters. The molecule has 3 aromatic rings. The van der Waals surface area contributed by atoms with Crippen LogP contribution in [-0.4, -0.2) is 25.8 Å². The third kappa shape index (κ3) is 2.53. The zero-order valence-electron chi connectivity index (χ0n) is 13.5. The Morgan fingerprint density at radius 1 is 1.08 bits per heavy atom. The summed E-state index contributed by atoms with van der Waals surface area (Å²) in [6.45, 7) is 3.18. The molecule has 0 spiro atoms. The Kier molecular flexibility index (Phi) is 4.03. The summed E-state index contributed by atoms with van der Waals surface area (Å²) >= 11 is 0. The number of carbonyl (C=O) groups excluding carboxylic acids is 1. The van der Waals surface area contributed by atoms with Crippen LogP contribution in [0.2, 0.25) is 0 Å². The maximum atomic E-state index is 12.8. The van der Waals surface area contributed by atoms with E-state index in [1.54, 1.807) is 12.4 Å². The Balaban J connectivity index is 2.17. The SMILES string of the molecule is CC(C)c1cc(C(=O)n2cc3ccccc3c2)c(O)c(CO)c1O. The van der Waals surface area contributed by atoms with Crippen LogP contribution >= 0.6 is 0 Å². The van der Waals surface area contributed by atoms with E-state index >= 15 is 0 Å². The van der Waals surface area contributed by atoms with E-state index in [2.05, 4.69) is 0 Å². The van der Waals surface area contributed by atoms with E-state index in [1.165, 1.54) is 10.6 Å². The lowest BCUT2D eigenvalue weighted by atomic mass is 9.95. The van der Waals surface area contributed by atoms with Gasteiger partial charge in [0.2, 0.25) is 0 Å². The number of carbonyl (C=O) groups is 1. The fourth-order valence-corrected chi connectivity index (χ4v) is 2.83. The van der Waals surface area contributed by atoms with Crippen molar-refractivity contribution >= 4 is 16.7 Å². The van der Waals surface area contributed by atoms with Crippen LogP contribution < -0.4 is 0 Å². The third-order valence-electron chi connectivity index (χ3n) is 4.20. The van der Waals surface area contributed by atoms with E-state index in [-0.39, 0.29) is 28.5 Å². The molecule has 2 aromatic carbocycles. The topological polar surface area (TPSA) is 82.7 Å². The van der Waals surface area contributed by atoms with Crippen LogP contribution in [-0.2, 0) is 6.61 Å². The highest BCUT2D eigenvalue weighted by atomic mass is 16.3. The van der Waals surface area contributed by atoms with Gasteiger partial charge in [0.05, 0.1) is 17.7 Å². The average Bonchev–Trinajstić information content (AvgIpc) is 2.98. The molecule has 0 radical (unpaired) electrons. The van der Waals surface area contributed by atoms with Crippen LogP contribution in [0.4, 0.5) is 0 Å². The number of aromatic nitrogens is 1. The smallest absolute Gasteiger partial charge is 0.265 e. The lowest BCUT2D eigenvalue weighted by molar-refractivity contribution is 0.0957. The van der Waals surface area contributed by atoms with Gasteiger partial charge in [-0.05, 0) is 28.3 Å². The van der Waals surface area contributed by atoms with Gasteiger partial charge in [0.25, 0.3) is 5.91 Å². The molecule has 124 valence electrons. The molecular weight excluding hydrogens is 306 g/mol. The monoisotopic (exact) mass is 325 g/mol. The minimum Gasteiger partial charge on any atom is -0.507 e. The molecule has 0 fully saturated rings. The van der Waals surface area contributed by atoms with Gasteiger partial charge in [-0.2, -0.15) is 0 Å². The lowest BCUT2D eigenvalue weighted by Gasteiger charge is -2.16. The molecule has 3 rings (SSSR count). The van der Waals surface area contributed by atoms with Crippen LogP contribution in [0.15, 0.2) is 42.7 Å². The zero-order valence-corrected chi connectivity index (χ0v) is 13.5. The Labute approximate surface area is 139 Å². The maximum absolute atomic E-state index is 12.8. The Morgan fingerprint density at radius 3 is 2.17 bits per heavy atom. The van der Waals surface area contributed by atoms with E-state index in [4.69, 9.17) is 0 Å². The second-order valence-corrected chi connectivity index (χ2v) is 6.10. The van der Waals surface area contributed by atoms with Crippen molar-refractivity contribution in [3.63, 3.8) is 0 Å². The lowest BCUT2D eigenvalue weighted by Crippen LogP contribution is -2.12. The van der Waals surface area contributed by atoms with Gasteiger partial charge in [-0.1, -0.05) is 38.1 Å². The molecule has 0 aliphatic heterocycles. The first-order valence-corrected chi connectivity index (χ1v) is 7.74. The van der Waals surface area contributed by atoms with Gasteiger partial charge in [0.15, 0.2) is 0 Å². The highest BCUT2D eigenvalue weighted by Crippen LogP contribution is 2.38. The number of hydrogen-bond acceptors (Lipinski definition) is 4. The Bertz CT molecular complexity index is 892. The summed E-state index contributed by atoms with van der Waals surface area (Å²) < 4.78 is 1.40. The number of hydrogen-bond donors (Lipinski definition) is 3. The fourth-order valence-electron chi connectivity index (χ4n) is 2.83. The molecule has 24 heavy (non-hydrogen) atoms. The number of nitrogens with zero attached hydrogens (tertiary/aromatic N) is 1. The van der Waals surface area contributed by atoms with Crippen LogP contribution in [0.5, 0.6) is 11.5 Å². The molecule has 0 aliphatic carbocycles. The summed E-state index contributed by atoms with van der Waals surface area (Å²) in [6.07, 6.45) is 3.38. The zero-order chi connectivity index (χ0) is 17.4. The van der Waals surface area contributed by atoms with Gasteiger partial charge in [0, 0.05) is 12.4 Å². The first-order valence-electron chi connectivity index (χ1n) is 7.74. The number of aliphatic hydroxyl groups excluding tert-OH is 1. The van der Waals surface area contributed by atoms with Crippen molar-refractivity contribution in [3.8, 4) is 11.5 Å². The molecule has 0 unspecified atom stereocenters. The van der Waals surface area contributed by atoms with Crippen molar-refractivity contribution in [2.75, 3.05) is 0 Å². The second-order valence-electron chi connectivity index (χ2n) is 6.10. The molecule has 0 saturated carbocycles. The van der Waals surface area contributed by atoms with Crippen molar-refractivity contribution < 1.29 is 20.1 Å². The summed E-state index contributed by atoms with van der Waals surface area (Å²) in [5.74, 6) is -1.03. The number of aliphatic hydroxyl groups is 1.